The molecule has 2 aliphatic rings. The number of carbonyl (C=O) groups is 1. The molecule has 2 aromatic carbocycles. The van der Waals surface area contributed by atoms with Crippen LogP contribution in [0.3, 0.4) is 0 Å². The molecule has 1 N–H and O–H groups in total. The molecule has 0 aliphatic carbocycles. The lowest BCUT2D eigenvalue weighted by atomic mass is 10.0. The molecule has 5 rings (SSSR count). The van der Waals surface area contributed by atoms with Crippen molar-refractivity contribution in [1.82, 2.24) is 14.3 Å². The van der Waals surface area contributed by atoms with Gasteiger partial charge in [0, 0.05) is 29.7 Å². The lowest BCUT2D eigenvalue weighted by Gasteiger charge is -2.39. The number of carbonyl (C=O) groups excluding carboxylic acids is 1. The molecule has 30 heavy (non-hydrogen) atoms. The topological polar surface area (TPSA) is 95.6 Å². The normalized spacial score (nSPS) is 18.4. The van der Waals surface area contributed by atoms with E-state index in [4.69, 9.17) is 16.3 Å². The van der Waals surface area contributed by atoms with Gasteiger partial charge in [0.1, 0.15) is 6.61 Å². The average Bonchev–Trinajstić information content (AvgIpc) is 3.19. The average molecular weight is 447 g/mol. The van der Waals surface area contributed by atoms with Crippen LogP contribution in [-0.2, 0) is 21.4 Å². The Morgan fingerprint density at radius 1 is 1.10 bits per heavy atom. The van der Waals surface area contributed by atoms with Gasteiger partial charge >= 0.3 is 6.09 Å². The van der Waals surface area contributed by atoms with Crippen molar-refractivity contribution >= 4 is 44.4 Å². The monoisotopic (exact) mass is 446 g/mol. The summed E-state index contributed by atoms with van der Waals surface area (Å²) in [4.78, 5) is 21.2. The molecule has 0 bridgehead atoms. The number of anilines is 1. The van der Waals surface area contributed by atoms with Gasteiger partial charge in [-0.15, -0.1) is 0 Å². The van der Waals surface area contributed by atoms with Crippen LogP contribution in [0, 0.1) is 0 Å². The molecule has 156 valence electrons. The van der Waals surface area contributed by atoms with Crippen LogP contribution in [0.4, 0.5) is 10.5 Å². The molecule has 1 amide bonds. The fourth-order valence-electron chi connectivity index (χ4n) is 4.08. The minimum absolute atomic E-state index is 0.0586. The summed E-state index contributed by atoms with van der Waals surface area (Å²) in [7, 11) is -3.75. The predicted octanol–water partition coefficient (Wildman–Crippen LogP) is 3.53. The molecule has 0 atom stereocenters. The van der Waals surface area contributed by atoms with Crippen LogP contribution in [-0.4, -0.2) is 47.9 Å². The van der Waals surface area contributed by atoms with Gasteiger partial charge in [-0.2, -0.15) is 4.31 Å². The summed E-state index contributed by atoms with van der Waals surface area (Å²) in [5.74, 6) is 0. The first-order valence-corrected chi connectivity index (χ1v) is 11.5. The van der Waals surface area contributed by atoms with Gasteiger partial charge in [0.05, 0.1) is 16.7 Å². The van der Waals surface area contributed by atoms with E-state index >= 15 is 0 Å². The number of halogens is 1. The third-order valence-electron chi connectivity index (χ3n) is 5.63. The molecule has 0 radical (unpaired) electrons. The Morgan fingerprint density at radius 2 is 1.87 bits per heavy atom. The van der Waals surface area contributed by atoms with E-state index in [9.17, 15) is 13.2 Å². The van der Waals surface area contributed by atoms with E-state index in [1.165, 1.54) is 4.31 Å². The number of imidazole rings is 1. The minimum atomic E-state index is -3.75. The zero-order valence-electron chi connectivity index (χ0n) is 15.9. The molecule has 1 saturated heterocycles. The van der Waals surface area contributed by atoms with Gasteiger partial charge < -0.3 is 9.72 Å². The van der Waals surface area contributed by atoms with Gasteiger partial charge in [-0.05, 0) is 37.1 Å². The first-order valence-electron chi connectivity index (χ1n) is 9.63. The summed E-state index contributed by atoms with van der Waals surface area (Å²) in [5, 5.41) is 0.492. The molecule has 10 heteroatoms. The second kappa shape index (κ2) is 7.26. The van der Waals surface area contributed by atoms with Crippen molar-refractivity contribution in [3.05, 3.63) is 53.1 Å². The summed E-state index contributed by atoms with van der Waals surface area (Å²) in [6.45, 7) is 0.705. The largest absolute Gasteiger partial charge is 0.444 e. The molecule has 3 aromatic rings. The minimum Gasteiger partial charge on any atom is -0.444 e. The van der Waals surface area contributed by atoms with Crippen molar-refractivity contribution in [2.75, 3.05) is 18.0 Å². The van der Waals surface area contributed by atoms with Crippen LogP contribution in [0.15, 0.2) is 47.6 Å². The van der Waals surface area contributed by atoms with Crippen molar-refractivity contribution in [2.24, 2.45) is 0 Å². The number of H-pyrrole nitrogens is 1. The maximum atomic E-state index is 13.1. The number of hydrogen-bond donors (Lipinski definition) is 1. The number of benzene rings is 2. The summed E-state index contributed by atoms with van der Waals surface area (Å²) in [6, 6.07) is 12.4. The van der Waals surface area contributed by atoms with Crippen molar-refractivity contribution in [2.45, 2.75) is 30.6 Å². The first kappa shape index (κ1) is 19.3. The fraction of sp³-hybridized carbons (Fsp3) is 0.300. The Balaban J connectivity index is 1.37. The zero-order valence-corrected chi connectivity index (χ0v) is 17.5. The number of amides is 1. The van der Waals surface area contributed by atoms with Crippen molar-refractivity contribution < 1.29 is 17.9 Å². The van der Waals surface area contributed by atoms with Crippen molar-refractivity contribution in [3.63, 3.8) is 0 Å². The number of rotatable bonds is 3. The second-order valence-electron chi connectivity index (χ2n) is 7.36. The van der Waals surface area contributed by atoms with Crippen LogP contribution in [0.2, 0.25) is 5.02 Å². The molecule has 3 heterocycles. The van der Waals surface area contributed by atoms with Gasteiger partial charge in [-0.1, -0.05) is 29.8 Å². The summed E-state index contributed by atoms with van der Waals surface area (Å²) in [6.07, 6.45) is 0.546. The van der Waals surface area contributed by atoms with Crippen LogP contribution in [0.5, 0.6) is 0 Å². The number of nitrogens with one attached hydrogen (secondary N) is 1. The maximum absolute atomic E-state index is 13.1. The van der Waals surface area contributed by atoms with E-state index in [1.807, 2.05) is 18.2 Å². The molecular formula is C20H19ClN4O4S. The van der Waals surface area contributed by atoms with Gasteiger partial charge in [0.25, 0.3) is 10.0 Å². The SMILES string of the molecule is O=C1OCc2c(Cl)cccc2N1C1CCN(S(=O)(=O)c2nc3ccccc3[nH]2)CC1. The predicted molar refractivity (Wildman–Crippen MR) is 112 cm³/mol. The third kappa shape index (κ3) is 3.13. The molecule has 8 nitrogen and oxygen atoms in total. The standard InChI is InChI=1S/C20H19ClN4O4S/c21-15-4-3-7-18-14(15)12-29-20(26)25(18)13-8-10-24(11-9-13)30(27,28)19-22-16-5-1-2-6-17(16)23-19/h1-7,13H,8-12H2,(H,22,23). The van der Waals surface area contributed by atoms with Crippen LogP contribution >= 0.6 is 11.6 Å². The Labute approximate surface area is 178 Å². The number of aromatic amines is 1. The maximum Gasteiger partial charge on any atom is 0.414 e. The molecule has 1 aromatic heterocycles. The molecule has 1 fully saturated rings. The van der Waals surface area contributed by atoms with Crippen LogP contribution in [0.1, 0.15) is 18.4 Å². The third-order valence-corrected chi connectivity index (χ3v) is 7.71. The van der Waals surface area contributed by atoms with Gasteiger partial charge in [0.15, 0.2) is 0 Å². The van der Waals surface area contributed by atoms with Crippen LogP contribution in [0.25, 0.3) is 11.0 Å². The summed E-state index contributed by atoms with van der Waals surface area (Å²) >= 11 is 6.26. The number of ether oxygens (including phenoxy) is 1. The highest BCUT2D eigenvalue weighted by atomic mass is 35.5. The van der Waals surface area contributed by atoms with E-state index in [0.717, 1.165) is 11.3 Å². The van der Waals surface area contributed by atoms with E-state index in [0.29, 0.717) is 28.9 Å². The number of hydrogen-bond acceptors (Lipinski definition) is 5. The number of aromatic nitrogens is 2. The highest BCUT2D eigenvalue weighted by molar-refractivity contribution is 7.89. The van der Waals surface area contributed by atoms with E-state index < -0.39 is 16.1 Å². The van der Waals surface area contributed by atoms with Gasteiger partial charge in [0.2, 0.25) is 5.16 Å². The summed E-state index contributed by atoms with van der Waals surface area (Å²) in [5.41, 5.74) is 2.79. The number of fused-ring (bicyclic) bond motifs is 2. The number of para-hydroxylation sites is 2. The van der Waals surface area contributed by atoms with Crippen molar-refractivity contribution in [1.29, 1.82) is 0 Å². The summed E-state index contributed by atoms with van der Waals surface area (Å²) < 4.78 is 32.8. The Hall–Kier alpha value is -2.62. The van der Waals surface area contributed by atoms with Gasteiger partial charge in [-0.3, -0.25) is 4.90 Å². The number of sulfonamides is 1. The zero-order chi connectivity index (χ0) is 20.9. The smallest absolute Gasteiger partial charge is 0.414 e. The molecule has 0 spiro atoms. The second-order valence-corrected chi connectivity index (χ2v) is 9.62. The Kier molecular flexibility index (Phi) is 4.68. The van der Waals surface area contributed by atoms with E-state index in [-0.39, 0.29) is 30.9 Å². The highest BCUT2D eigenvalue weighted by Crippen LogP contribution is 2.36. The molecular weight excluding hydrogens is 428 g/mol. The van der Waals surface area contributed by atoms with Crippen LogP contribution < -0.4 is 4.90 Å². The first-order chi connectivity index (χ1) is 14.4. The lowest BCUT2D eigenvalue weighted by molar-refractivity contribution is 0.136. The quantitative estimate of drug-likeness (QED) is 0.664. The highest BCUT2D eigenvalue weighted by Gasteiger charge is 2.38. The lowest BCUT2D eigenvalue weighted by Crippen LogP contribution is -2.50. The fourth-order valence-corrected chi connectivity index (χ4v) is 5.69. The Bertz CT molecular complexity index is 1200. The van der Waals surface area contributed by atoms with E-state index in [1.54, 1.807) is 29.2 Å². The molecule has 2 aliphatic heterocycles. The number of cyclic esters (lactones) is 1. The number of nitrogens with zero attached hydrogens (tertiary/aromatic N) is 3. The Morgan fingerprint density at radius 3 is 2.63 bits per heavy atom. The van der Waals surface area contributed by atoms with E-state index in [2.05, 4.69) is 9.97 Å². The number of piperidine rings is 1. The van der Waals surface area contributed by atoms with Gasteiger partial charge in [-0.25, -0.2) is 18.2 Å². The molecule has 0 saturated carbocycles. The molecule has 0 unspecified atom stereocenters. The van der Waals surface area contributed by atoms with Crippen molar-refractivity contribution in [3.8, 4) is 0 Å².